The molecule has 0 aliphatic carbocycles. The summed E-state index contributed by atoms with van der Waals surface area (Å²) in [4.78, 5) is 23.2. The Labute approximate surface area is 121 Å². The third kappa shape index (κ3) is 2.13. The Hall–Kier alpha value is -1.70. The van der Waals surface area contributed by atoms with Crippen molar-refractivity contribution < 1.29 is 18.4 Å². The average molecular weight is 307 g/mol. The number of carbonyl (C=O) groups is 2. The van der Waals surface area contributed by atoms with Gasteiger partial charge in [-0.2, -0.15) is 0 Å². The van der Waals surface area contributed by atoms with Crippen LogP contribution < -0.4 is 5.32 Å². The first-order chi connectivity index (χ1) is 9.58. The fourth-order valence-corrected chi connectivity index (χ4v) is 3.92. The van der Waals surface area contributed by atoms with Crippen LogP contribution in [-0.2, 0) is 15.9 Å². The Morgan fingerprint density at radius 1 is 1.15 bits per heavy atom. The summed E-state index contributed by atoms with van der Waals surface area (Å²) in [5, 5.41) is 2.38. The van der Waals surface area contributed by atoms with Gasteiger partial charge in [0.15, 0.2) is 11.1 Å². The molecule has 2 aromatic rings. The molecule has 0 spiro atoms. The van der Waals surface area contributed by atoms with Gasteiger partial charge in [-0.15, -0.1) is 0 Å². The summed E-state index contributed by atoms with van der Waals surface area (Å²) in [7, 11) is 0. The molecule has 1 heterocycles. The average Bonchev–Trinajstić information content (AvgIpc) is 2.76. The van der Waals surface area contributed by atoms with Crippen molar-refractivity contribution in [2.24, 2.45) is 0 Å². The van der Waals surface area contributed by atoms with Crippen LogP contribution in [0.4, 0.5) is 4.79 Å². The fraction of sp³-hybridized carbons (Fsp3) is 0.0769. The molecule has 5 nitrogen and oxygen atoms in total. The van der Waals surface area contributed by atoms with Gasteiger partial charge in [-0.1, -0.05) is 36.4 Å². The van der Waals surface area contributed by atoms with Gasteiger partial charge >= 0.3 is 0 Å². The van der Waals surface area contributed by atoms with Crippen LogP contribution in [0.15, 0.2) is 41.3 Å². The predicted octanol–water partition coefficient (Wildman–Crippen LogP) is 2.44. The molecule has 2 atom stereocenters. The number of carbonyl (C=O) groups excluding carboxylic acids is 2. The number of thioether (sulfide) groups is 1. The lowest BCUT2D eigenvalue weighted by molar-refractivity contribution is -0.119. The highest BCUT2D eigenvalue weighted by Crippen LogP contribution is 2.39. The van der Waals surface area contributed by atoms with Gasteiger partial charge < -0.3 is 4.55 Å². The summed E-state index contributed by atoms with van der Waals surface area (Å²) in [6, 6.07) is 10.5. The van der Waals surface area contributed by atoms with Crippen LogP contribution in [-0.4, -0.2) is 19.9 Å². The molecular formula is C13H9NO4S2. The van der Waals surface area contributed by atoms with E-state index >= 15 is 0 Å². The van der Waals surface area contributed by atoms with Gasteiger partial charge in [0.1, 0.15) is 5.25 Å². The molecule has 1 aliphatic rings. The van der Waals surface area contributed by atoms with E-state index in [0.717, 1.165) is 17.1 Å². The van der Waals surface area contributed by atoms with Gasteiger partial charge in [-0.25, -0.2) is 4.21 Å². The number of rotatable bonds is 2. The number of benzene rings is 2. The lowest BCUT2D eigenvalue weighted by Gasteiger charge is -2.12. The molecule has 0 aromatic heterocycles. The van der Waals surface area contributed by atoms with Crippen molar-refractivity contribution in [1.82, 2.24) is 5.32 Å². The van der Waals surface area contributed by atoms with Crippen LogP contribution in [0.25, 0.3) is 10.8 Å². The summed E-state index contributed by atoms with van der Waals surface area (Å²) in [6.45, 7) is 0. The topological polar surface area (TPSA) is 83.5 Å². The second-order valence-corrected chi connectivity index (χ2v) is 6.21. The maximum absolute atomic E-state index is 11.8. The molecule has 0 bridgehead atoms. The Bertz CT molecular complexity index is 759. The van der Waals surface area contributed by atoms with Gasteiger partial charge in [0.25, 0.3) is 5.24 Å². The molecule has 2 unspecified atom stereocenters. The van der Waals surface area contributed by atoms with Crippen LogP contribution in [0.2, 0.25) is 0 Å². The zero-order chi connectivity index (χ0) is 14.3. The molecule has 20 heavy (non-hydrogen) atoms. The maximum Gasteiger partial charge on any atom is 0.286 e. The second-order valence-electron chi connectivity index (χ2n) is 4.23. The van der Waals surface area contributed by atoms with Crippen molar-refractivity contribution in [2.75, 3.05) is 0 Å². The predicted molar refractivity (Wildman–Crippen MR) is 76.9 cm³/mol. The fourth-order valence-electron chi connectivity index (χ4n) is 2.22. The van der Waals surface area contributed by atoms with E-state index in [1.807, 2.05) is 12.1 Å². The second kappa shape index (κ2) is 5.01. The lowest BCUT2D eigenvalue weighted by Crippen LogP contribution is -2.21. The van der Waals surface area contributed by atoms with Crippen molar-refractivity contribution in [3.63, 3.8) is 0 Å². The van der Waals surface area contributed by atoms with Crippen molar-refractivity contribution in [2.45, 2.75) is 10.1 Å². The van der Waals surface area contributed by atoms with Gasteiger partial charge in [-0.3, -0.25) is 14.9 Å². The number of hydrogen-bond acceptors (Lipinski definition) is 4. The number of fused-ring (bicyclic) bond motifs is 1. The summed E-state index contributed by atoms with van der Waals surface area (Å²) in [5.74, 6) is -0.456. The van der Waals surface area contributed by atoms with E-state index in [9.17, 15) is 18.4 Å². The van der Waals surface area contributed by atoms with Crippen LogP contribution in [0.3, 0.4) is 0 Å². The Kier molecular flexibility index (Phi) is 3.33. The smallest absolute Gasteiger partial charge is 0.286 e. The SMILES string of the molecule is O=C1NC(=O)C(c2ccc3ccccc3c2S(=O)O)S1. The third-order valence-corrected chi connectivity index (χ3v) is 4.88. The first-order valence-electron chi connectivity index (χ1n) is 5.72. The summed E-state index contributed by atoms with van der Waals surface area (Å²) >= 11 is -1.42. The summed E-state index contributed by atoms with van der Waals surface area (Å²) < 4.78 is 21.2. The monoisotopic (exact) mass is 307 g/mol. The Balaban J connectivity index is 2.25. The molecule has 0 radical (unpaired) electrons. The molecular weight excluding hydrogens is 298 g/mol. The van der Waals surface area contributed by atoms with E-state index < -0.39 is 27.5 Å². The molecule has 1 fully saturated rings. The molecule has 2 N–H and O–H groups in total. The molecule has 2 amide bonds. The van der Waals surface area contributed by atoms with Crippen molar-refractivity contribution in [3.05, 3.63) is 42.0 Å². The first kappa shape index (κ1) is 13.3. The van der Waals surface area contributed by atoms with E-state index in [2.05, 4.69) is 5.32 Å². The zero-order valence-corrected chi connectivity index (χ0v) is 11.7. The molecule has 3 rings (SSSR count). The standard InChI is InChI=1S/C13H9NO4S2/c15-12-10(19-13(16)14-12)9-6-5-7-3-1-2-4-8(7)11(9)20(17)18/h1-6,10H,(H,17,18)(H,14,15,16). The van der Waals surface area contributed by atoms with E-state index in [4.69, 9.17) is 0 Å². The molecule has 102 valence electrons. The molecule has 7 heteroatoms. The van der Waals surface area contributed by atoms with Crippen LogP contribution in [0.1, 0.15) is 10.8 Å². The highest BCUT2D eigenvalue weighted by molar-refractivity contribution is 8.15. The first-order valence-corrected chi connectivity index (χ1v) is 7.70. The molecule has 1 aliphatic heterocycles. The van der Waals surface area contributed by atoms with Gasteiger partial charge in [0.05, 0.1) is 4.90 Å². The lowest BCUT2D eigenvalue weighted by atomic mass is 10.0. The minimum absolute atomic E-state index is 0.186. The van der Waals surface area contributed by atoms with Crippen molar-refractivity contribution in [3.8, 4) is 0 Å². The van der Waals surface area contributed by atoms with E-state index in [1.165, 1.54) is 0 Å². The number of amides is 2. The summed E-state index contributed by atoms with van der Waals surface area (Å²) in [5.41, 5.74) is 0.401. The number of imide groups is 1. The normalized spacial score (nSPS) is 20.1. The van der Waals surface area contributed by atoms with E-state index in [-0.39, 0.29) is 4.90 Å². The van der Waals surface area contributed by atoms with Gasteiger partial charge in [0.2, 0.25) is 5.91 Å². The van der Waals surface area contributed by atoms with Crippen LogP contribution >= 0.6 is 11.8 Å². The Morgan fingerprint density at radius 3 is 2.55 bits per heavy atom. The minimum Gasteiger partial charge on any atom is -0.302 e. The molecule has 0 saturated carbocycles. The summed E-state index contributed by atoms with van der Waals surface area (Å²) in [6.07, 6.45) is 0. The van der Waals surface area contributed by atoms with Gasteiger partial charge in [0, 0.05) is 5.39 Å². The van der Waals surface area contributed by atoms with E-state index in [0.29, 0.717) is 10.9 Å². The highest BCUT2D eigenvalue weighted by atomic mass is 32.2. The Morgan fingerprint density at radius 2 is 1.90 bits per heavy atom. The third-order valence-electron chi connectivity index (χ3n) is 3.06. The minimum atomic E-state index is -2.24. The number of hydrogen-bond donors (Lipinski definition) is 2. The van der Waals surface area contributed by atoms with Crippen molar-refractivity contribution >= 4 is 44.8 Å². The zero-order valence-electron chi connectivity index (χ0n) is 10.0. The quantitative estimate of drug-likeness (QED) is 0.833. The molecule has 1 saturated heterocycles. The molecule has 2 aromatic carbocycles. The van der Waals surface area contributed by atoms with Gasteiger partial charge in [-0.05, 0) is 22.7 Å². The largest absolute Gasteiger partial charge is 0.302 e. The highest BCUT2D eigenvalue weighted by Gasteiger charge is 2.35. The van der Waals surface area contributed by atoms with Crippen LogP contribution in [0, 0.1) is 0 Å². The van der Waals surface area contributed by atoms with E-state index in [1.54, 1.807) is 24.3 Å². The van der Waals surface area contributed by atoms with Crippen LogP contribution in [0.5, 0.6) is 0 Å². The van der Waals surface area contributed by atoms with Crippen molar-refractivity contribution in [1.29, 1.82) is 0 Å². The maximum atomic E-state index is 11.8. The number of nitrogens with one attached hydrogen (secondary N) is 1.